The van der Waals surface area contributed by atoms with E-state index in [-0.39, 0.29) is 0 Å². The van der Waals surface area contributed by atoms with Crippen LogP contribution in [0.5, 0.6) is 0 Å². The molecular weight excluding hydrogens is 127 g/mol. The highest BCUT2D eigenvalue weighted by Crippen LogP contribution is 1.98. The van der Waals surface area contributed by atoms with E-state index in [1.807, 2.05) is 12.2 Å². The van der Waals surface area contributed by atoms with Gasteiger partial charge in [0.1, 0.15) is 0 Å². The van der Waals surface area contributed by atoms with Crippen molar-refractivity contribution in [2.75, 3.05) is 6.16 Å². The molecule has 0 N–H and O–H groups in total. The molecule has 0 bridgehead atoms. The lowest BCUT2D eigenvalue weighted by molar-refractivity contribution is 0.823. The molecule has 0 fully saturated rings. The predicted octanol–water partition coefficient (Wildman–Crippen LogP) is 2.77. The molecular formula is C8H15P. The second-order valence-corrected chi connectivity index (χ2v) is 2.53. The van der Waals surface area contributed by atoms with E-state index in [9.17, 15) is 0 Å². The van der Waals surface area contributed by atoms with Gasteiger partial charge in [0.05, 0.1) is 0 Å². The van der Waals surface area contributed by atoms with E-state index in [4.69, 9.17) is 0 Å². The van der Waals surface area contributed by atoms with Crippen molar-refractivity contribution in [2.24, 2.45) is 0 Å². The minimum atomic E-state index is 1.19. The first kappa shape index (κ1) is 8.91. The third-order valence-electron chi connectivity index (χ3n) is 1.10. The van der Waals surface area contributed by atoms with Gasteiger partial charge in [-0.25, -0.2) is 0 Å². The second-order valence-electron chi connectivity index (χ2n) is 1.95. The van der Waals surface area contributed by atoms with Crippen LogP contribution in [0.15, 0.2) is 24.8 Å². The molecule has 0 aliphatic heterocycles. The summed E-state index contributed by atoms with van der Waals surface area (Å²) in [5, 5.41) is 0. The van der Waals surface area contributed by atoms with Crippen molar-refractivity contribution in [3.8, 4) is 0 Å². The van der Waals surface area contributed by atoms with Gasteiger partial charge >= 0.3 is 0 Å². The van der Waals surface area contributed by atoms with Crippen LogP contribution in [-0.4, -0.2) is 6.16 Å². The fourth-order valence-corrected chi connectivity index (χ4v) is 0.888. The first-order chi connectivity index (χ1) is 4.41. The summed E-state index contributed by atoms with van der Waals surface area (Å²) in [5.74, 6) is 0. The third kappa shape index (κ3) is 7.91. The lowest BCUT2D eigenvalue weighted by Crippen LogP contribution is -1.72. The van der Waals surface area contributed by atoms with Crippen LogP contribution in [0.4, 0.5) is 0 Å². The quantitative estimate of drug-likeness (QED) is 0.314. The molecule has 1 atom stereocenters. The van der Waals surface area contributed by atoms with Gasteiger partial charge in [0.25, 0.3) is 0 Å². The van der Waals surface area contributed by atoms with Crippen molar-refractivity contribution in [3.05, 3.63) is 24.8 Å². The Labute approximate surface area is 60.2 Å². The molecule has 0 aromatic carbocycles. The first-order valence-corrected chi connectivity index (χ1v) is 4.21. The summed E-state index contributed by atoms with van der Waals surface area (Å²) in [6, 6.07) is 0. The topological polar surface area (TPSA) is 0 Å². The van der Waals surface area contributed by atoms with E-state index in [2.05, 4.69) is 21.9 Å². The fourth-order valence-electron chi connectivity index (χ4n) is 0.599. The molecule has 9 heavy (non-hydrogen) atoms. The van der Waals surface area contributed by atoms with Crippen LogP contribution in [0.2, 0.25) is 0 Å². The Morgan fingerprint density at radius 3 is 2.67 bits per heavy atom. The van der Waals surface area contributed by atoms with Gasteiger partial charge in [0.15, 0.2) is 0 Å². The smallest absolute Gasteiger partial charge is 0.0347 e. The zero-order valence-corrected chi connectivity index (χ0v) is 7.00. The zero-order valence-electron chi connectivity index (χ0n) is 5.84. The third-order valence-corrected chi connectivity index (χ3v) is 1.51. The van der Waals surface area contributed by atoms with E-state index < -0.39 is 0 Å². The van der Waals surface area contributed by atoms with E-state index in [1.165, 1.54) is 25.4 Å². The molecule has 0 heterocycles. The van der Waals surface area contributed by atoms with Gasteiger partial charge in [0.2, 0.25) is 0 Å². The maximum atomic E-state index is 3.59. The van der Waals surface area contributed by atoms with Gasteiger partial charge in [0, 0.05) is 0 Å². The summed E-state index contributed by atoms with van der Waals surface area (Å²) in [7, 11) is 2.73. The summed E-state index contributed by atoms with van der Waals surface area (Å²) in [5.41, 5.74) is 0. The van der Waals surface area contributed by atoms with Crippen molar-refractivity contribution in [2.45, 2.75) is 19.3 Å². The predicted molar refractivity (Wildman–Crippen MR) is 47.8 cm³/mol. The molecule has 0 aromatic heterocycles. The molecule has 0 saturated carbocycles. The Morgan fingerprint density at radius 1 is 1.33 bits per heavy atom. The maximum Gasteiger partial charge on any atom is -0.0347 e. The number of rotatable bonds is 5. The molecule has 0 aliphatic rings. The highest BCUT2D eigenvalue weighted by atomic mass is 31.0. The standard InChI is InChI=1S/C8H15P/c1-2-3-4-5-6-7-8-9/h2-4H,1,5-9H2. The molecule has 52 valence electrons. The van der Waals surface area contributed by atoms with Crippen LogP contribution in [-0.2, 0) is 0 Å². The van der Waals surface area contributed by atoms with E-state index >= 15 is 0 Å². The SMILES string of the molecule is C=CC=CCCCCP. The van der Waals surface area contributed by atoms with Crippen molar-refractivity contribution >= 4 is 9.24 Å². The molecule has 0 aliphatic carbocycles. The normalized spacial score (nSPS) is 10.3. The van der Waals surface area contributed by atoms with Crippen LogP contribution in [0.1, 0.15) is 19.3 Å². The molecule has 0 aromatic rings. The Bertz CT molecular complexity index is 84.6. The lowest BCUT2D eigenvalue weighted by atomic mass is 10.2. The summed E-state index contributed by atoms with van der Waals surface area (Å²) in [6.07, 6.45) is 11.0. The molecule has 0 saturated heterocycles. The summed E-state index contributed by atoms with van der Waals surface area (Å²) in [4.78, 5) is 0. The molecule has 0 radical (unpaired) electrons. The highest BCUT2D eigenvalue weighted by molar-refractivity contribution is 7.16. The van der Waals surface area contributed by atoms with Crippen molar-refractivity contribution < 1.29 is 0 Å². The highest BCUT2D eigenvalue weighted by Gasteiger charge is 1.78. The van der Waals surface area contributed by atoms with Crippen LogP contribution in [0.25, 0.3) is 0 Å². The Kier molecular flexibility index (Phi) is 7.83. The number of hydrogen-bond acceptors (Lipinski definition) is 0. The van der Waals surface area contributed by atoms with Crippen LogP contribution in [0.3, 0.4) is 0 Å². The van der Waals surface area contributed by atoms with Crippen LogP contribution >= 0.6 is 9.24 Å². The van der Waals surface area contributed by atoms with Gasteiger partial charge in [-0.1, -0.05) is 24.8 Å². The molecule has 0 spiro atoms. The Morgan fingerprint density at radius 2 is 2.11 bits per heavy atom. The van der Waals surface area contributed by atoms with Gasteiger partial charge in [-0.2, -0.15) is 0 Å². The Balaban J connectivity index is 2.90. The van der Waals surface area contributed by atoms with Gasteiger partial charge < -0.3 is 0 Å². The van der Waals surface area contributed by atoms with Crippen LogP contribution in [0, 0.1) is 0 Å². The van der Waals surface area contributed by atoms with E-state index in [0.29, 0.717) is 0 Å². The molecule has 0 amide bonds. The monoisotopic (exact) mass is 142 g/mol. The van der Waals surface area contributed by atoms with Gasteiger partial charge in [-0.05, 0) is 25.4 Å². The number of allylic oxidation sites excluding steroid dienone is 3. The number of hydrogen-bond donors (Lipinski definition) is 0. The molecule has 1 heteroatoms. The average molecular weight is 142 g/mol. The number of unbranched alkanes of at least 4 members (excludes halogenated alkanes) is 2. The van der Waals surface area contributed by atoms with Gasteiger partial charge in [-0.15, -0.1) is 9.24 Å². The average Bonchev–Trinajstić information content (AvgIpc) is 1.89. The zero-order chi connectivity index (χ0) is 6.95. The maximum absolute atomic E-state index is 3.59. The van der Waals surface area contributed by atoms with Crippen molar-refractivity contribution in [3.63, 3.8) is 0 Å². The first-order valence-electron chi connectivity index (χ1n) is 3.39. The summed E-state index contributed by atoms with van der Waals surface area (Å²) in [6.45, 7) is 3.59. The summed E-state index contributed by atoms with van der Waals surface area (Å²) < 4.78 is 0. The second kappa shape index (κ2) is 7.91. The largest absolute Gasteiger partial charge is 0.138 e. The van der Waals surface area contributed by atoms with Crippen molar-refractivity contribution in [1.29, 1.82) is 0 Å². The summed E-state index contributed by atoms with van der Waals surface area (Å²) >= 11 is 0. The molecule has 0 rings (SSSR count). The van der Waals surface area contributed by atoms with Crippen molar-refractivity contribution in [1.82, 2.24) is 0 Å². The van der Waals surface area contributed by atoms with E-state index in [0.717, 1.165) is 0 Å². The molecule has 0 nitrogen and oxygen atoms in total. The fraction of sp³-hybridized carbons (Fsp3) is 0.500. The Hall–Kier alpha value is -0.0900. The minimum Gasteiger partial charge on any atom is -0.138 e. The minimum absolute atomic E-state index is 1.19. The molecule has 1 unspecified atom stereocenters. The lowest BCUT2D eigenvalue weighted by Gasteiger charge is -1.89. The van der Waals surface area contributed by atoms with E-state index in [1.54, 1.807) is 0 Å². The van der Waals surface area contributed by atoms with Gasteiger partial charge in [-0.3, -0.25) is 0 Å². The van der Waals surface area contributed by atoms with Crippen LogP contribution < -0.4 is 0 Å².